The van der Waals surface area contributed by atoms with Gasteiger partial charge >= 0.3 is 0 Å². The summed E-state index contributed by atoms with van der Waals surface area (Å²) in [6.07, 6.45) is 1.31. The number of benzene rings is 3. The summed E-state index contributed by atoms with van der Waals surface area (Å²) in [7, 11) is 1.67. The molecule has 150 valence electrons. The van der Waals surface area contributed by atoms with Crippen molar-refractivity contribution < 1.29 is 14.3 Å². The Hall–Kier alpha value is -3.31. The molecule has 0 heterocycles. The van der Waals surface area contributed by atoms with Crippen molar-refractivity contribution in [2.24, 2.45) is 0 Å². The molecule has 0 saturated heterocycles. The molecule has 0 unspecified atom stereocenters. The number of hydrogen-bond acceptors (Lipinski definition) is 4. The number of carbonyl (C=O) groups excluding carboxylic acids is 1. The lowest BCUT2D eigenvalue weighted by atomic mass is 10.1. The molecule has 0 aromatic heterocycles. The predicted molar refractivity (Wildman–Crippen MR) is 116 cm³/mol. The molecule has 0 aliphatic carbocycles. The minimum Gasteiger partial charge on any atom is -0.497 e. The third-order valence-electron chi connectivity index (χ3n) is 4.37. The molecule has 2 N–H and O–H groups in total. The Morgan fingerprint density at radius 2 is 1.55 bits per heavy atom. The Balaban J connectivity index is 1.35. The second kappa shape index (κ2) is 10.9. The fourth-order valence-electron chi connectivity index (χ4n) is 2.84. The smallest absolute Gasteiger partial charge is 0.225 e. The third-order valence-corrected chi connectivity index (χ3v) is 4.37. The Morgan fingerprint density at radius 1 is 0.828 bits per heavy atom. The average molecular weight is 390 g/mol. The number of para-hydroxylation sites is 1. The van der Waals surface area contributed by atoms with Crippen LogP contribution >= 0.6 is 0 Å². The van der Waals surface area contributed by atoms with Crippen molar-refractivity contribution in [3.8, 4) is 17.2 Å². The van der Waals surface area contributed by atoms with Crippen LogP contribution in [0.25, 0.3) is 0 Å². The molecule has 3 aromatic carbocycles. The molecule has 0 aliphatic heterocycles. The van der Waals surface area contributed by atoms with Crippen molar-refractivity contribution in [1.29, 1.82) is 0 Å². The molecular formula is C24H26N2O3. The van der Waals surface area contributed by atoms with E-state index in [1.807, 2.05) is 72.8 Å². The molecule has 3 rings (SSSR count). The SMILES string of the molecule is COc1cccc(CCNCCC(=O)Nc2ccc(Oc3ccccc3)cc2)c1. The summed E-state index contributed by atoms with van der Waals surface area (Å²) in [5, 5.41) is 6.21. The minimum absolute atomic E-state index is 0.0180. The van der Waals surface area contributed by atoms with E-state index in [9.17, 15) is 4.79 Å². The van der Waals surface area contributed by atoms with Crippen LogP contribution in [0.3, 0.4) is 0 Å². The van der Waals surface area contributed by atoms with Crippen LogP contribution in [0.1, 0.15) is 12.0 Å². The topological polar surface area (TPSA) is 59.6 Å². The van der Waals surface area contributed by atoms with Gasteiger partial charge in [-0.25, -0.2) is 0 Å². The zero-order chi connectivity index (χ0) is 20.3. The first-order chi connectivity index (χ1) is 14.2. The van der Waals surface area contributed by atoms with Gasteiger partial charge in [-0.05, 0) is 67.1 Å². The maximum atomic E-state index is 12.1. The van der Waals surface area contributed by atoms with Crippen molar-refractivity contribution in [3.05, 3.63) is 84.4 Å². The highest BCUT2D eigenvalue weighted by atomic mass is 16.5. The lowest BCUT2D eigenvalue weighted by Crippen LogP contribution is -2.23. The molecule has 0 spiro atoms. The molecule has 5 nitrogen and oxygen atoms in total. The quantitative estimate of drug-likeness (QED) is 0.495. The summed E-state index contributed by atoms with van der Waals surface area (Å²) in [4.78, 5) is 12.1. The van der Waals surface area contributed by atoms with Crippen LogP contribution in [-0.4, -0.2) is 26.1 Å². The Labute approximate surface area is 171 Å². The van der Waals surface area contributed by atoms with Gasteiger partial charge in [-0.1, -0.05) is 30.3 Å². The highest BCUT2D eigenvalue weighted by Crippen LogP contribution is 2.22. The summed E-state index contributed by atoms with van der Waals surface area (Å²) in [6, 6.07) is 25.0. The van der Waals surface area contributed by atoms with Crippen LogP contribution in [0, 0.1) is 0 Å². The van der Waals surface area contributed by atoms with Crippen molar-refractivity contribution in [3.63, 3.8) is 0 Å². The van der Waals surface area contributed by atoms with E-state index in [4.69, 9.17) is 9.47 Å². The Kier molecular flexibility index (Phi) is 7.66. The van der Waals surface area contributed by atoms with Gasteiger partial charge in [-0.2, -0.15) is 0 Å². The molecule has 0 saturated carbocycles. The molecule has 0 aliphatic rings. The van der Waals surface area contributed by atoms with E-state index in [1.54, 1.807) is 7.11 Å². The third kappa shape index (κ3) is 6.97. The summed E-state index contributed by atoms with van der Waals surface area (Å²) in [5.74, 6) is 2.36. The minimum atomic E-state index is -0.0180. The van der Waals surface area contributed by atoms with E-state index in [2.05, 4.69) is 16.7 Å². The largest absolute Gasteiger partial charge is 0.497 e. The van der Waals surface area contributed by atoms with Crippen LogP contribution in [0.2, 0.25) is 0 Å². The lowest BCUT2D eigenvalue weighted by Gasteiger charge is -2.09. The molecule has 0 bridgehead atoms. The fourth-order valence-corrected chi connectivity index (χ4v) is 2.84. The summed E-state index contributed by atoms with van der Waals surface area (Å²) >= 11 is 0. The van der Waals surface area contributed by atoms with Crippen LogP contribution in [0.4, 0.5) is 5.69 Å². The van der Waals surface area contributed by atoms with Gasteiger partial charge in [-0.3, -0.25) is 4.79 Å². The highest BCUT2D eigenvalue weighted by Gasteiger charge is 2.03. The molecular weight excluding hydrogens is 364 g/mol. The van der Waals surface area contributed by atoms with E-state index in [-0.39, 0.29) is 5.91 Å². The van der Waals surface area contributed by atoms with E-state index < -0.39 is 0 Å². The standard InChI is InChI=1S/C24H26N2O3/c1-28-23-9-5-6-19(18-23)14-16-25-17-15-24(27)26-20-10-12-22(13-11-20)29-21-7-3-2-4-8-21/h2-13,18,25H,14-17H2,1H3,(H,26,27). The summed E-state index contributed by atoms with van der Waals surface area (Å²) in [5.41, 5.74) is 1.96. The van der Waals surface area contributed by atoms with Crippen LogP contribution in [0.5, 0.6) is 17.2 Å². The Bertz CT molecular complexity index is 896. The molecule has 0 radical (unpaired) electrons. The average Bonchev–Trinajstić information content (AvgIpc) is 2.76. The first-order valence-electron chi connectivity index (χ1n) is 9.69. The van der Waals surface area contributed by atoms with Gasteiger partial charge in [0.15, 0.2) is 0 Å². The fraction of sp³-hybridized carbons (Fsp3) is 0.208. The second-order valence-electron chi connectivity index (χ2n) is 6.59. The first kappa shape index (κ1) is 20.4. The van der Waals surface area contributed by atoms with Gasteiger partial charge in [-0.15, -0.1) is 0 Å². The van der Waals surface area contributed by atoms with E-state index >= 15 is 0 Å². The lowest BCUT2D eigenvalue weighted by molar-refractivity contribution is -0.116. The monoisotopic (exact) mass is 390 g/mol. The van der Waals surface area contributed by atoms with Gasteiger partial charge in [0.05, 0.1) is 7.11 Å². The molecule has 1 amide bonds. The maximum Gasteiger partial charge on any atom is 0.225 e. The van der Waals surface area contributed by atoms with Gasteiger partial charge in [0.25, 0.3) is 0 Å². The molecule has 29 heavy (non-hydrogen) atoms. The van der Waals surface area contributed by atoms with Crippen LogP contribution in [-0.2, 0) is 11.2 Å². The van der Waals surface area contributed by atoms with Crippen molar-refractivity contribution in [2.75, 3.05) is 25.5 Å². The number of anilines is 1. The normalized spacial score (nSPS) is 10.4. The number of carbonyl (C=O) groups is 1. The second-order valence-corrected chi connectivity index (χ2v) is 6.59. The van der Waals surface area contributed by atoms with Crippen LogP contribution in [0.15, 0.2) is 78.9 Å². The first-order valence-corrected chi connectivity index (χ1v) is 9.69. The summed E-state index contributed by atoms with van der Waals surface area (Å²) < 4.78 is 11.0. The summed E-state index contributed by atoms with van der Waals surface area (Å²) in [6.45, 7) is 1.44. The molecule has 3 aromatic rings. The van der Waals surface area contributed by atoms with Gasteiger partial charge < -0.3 is 20.1 Å². The predicted octanol–water partition coefficient (Wildman–Crippen LogP) is 4.65. The number of hydrogen-bond donors (Lipinski definition) is 2. The van der Waals surface area contributed by atoms with Crippen LogP contribution < -0.4 is 20.1 Å². The maximum absolute atomic E-state index is 12.1. The number of nitrogens with one attached hydrogen (secondary N) is 2. The molecule has 0 fully saturated rings. The van der Waals surface area contributed by atoms with Crippen molar-refractivity contribution in [1.82, 2.24) is 5.32 Å². The van der Waals surface area contributed by atoms with Gasteiger partial charge in [0.1, 0.15) is 17.2 Å². The van der Waals surface area contributed by atoms with E-state index in [0.29, 0.717) is 13.0 Å². The van der Waals surface area contributed by atoms with Crippen molar-refractivity contribution >= 4 is 11.6 Å². The molecule has 0 atom stereocenters. The number of amides is 1. The molecule has 5 heteroatoms. The Morgan fingerprint density at radius 3 is 2.31 bits per heavy atom. The number of rotatable bonds is 10. The number of methoxy groups -OCH3 is 1. The van der Waals surface area contributed by atoms with Gasteiger partial charge in [0.2, 0.25) is 5.91 Å². The highest BCUT2D eigenvalue weighted by molar-refractivity contribution is 5.90. The zero-order valence-electron chi connectivity index (χ0n) is 16.6. The van der Waals surface area contributed by atoms with Crippen molar-refractivity contribution in [2.45, 2.75) is 12.8 Å². The van der Waals surface area contributed by atoms with E-state index in [0.717, 1.165) is 35.9 Å². The zero-order valence-corrected chi connectivity index (χ0v) is 16.6. The van der Waals surface area contributed by atoms with Gasteiger partial charge in [0, 0.05) is 18.7 Å². The van der Waals surface area contributed by atoms with E-state index in [1.165, 1.54) is 5.56 Å². The number of ether oxygens (including phenoxy) is 2.